The van der Waals surface area contributed by atoms with E-state index in [4.69, 9.17) is 10.6 Å². The molecular formula is C13H22N4O. The molecule has 0 amide bonds. The van der Waals surface area contributed by atoms with Crippen molar-refractivity contribution in [3.63, 3.8) is 0 Å². The van der Waals surface area contributed by atoms with Gasteiger partial charge in [0.2, 0.25) is 5.88 Å². The van der Waals surface area contributed by atoms with Crippen LogP contribution in [0.3, 0.4) is 0 Å². The first kappa shape index (κ1) is 13.1. The summed E-state index contributed by atoms with van der Waals surface area (Å²) < 4.78 is 5.97. The van der Waals surface area contributed by atoms with Crippen LogP contribution in [0.4, 0.5) is 5.82 Å². The fraction of sp³-hybridized carbons (Fsp3) is 0.692. The van der Waals surface area contributed by atoms with Crippen LogP contribution in [-0.4, -0.2) is 16.1 Å². The highest BCUT2D eigenvalue weighted by Gasteiger charge is 2.15. The molecular weight excluding hydrogens is 228 g/mol. The van der Waals surface area contributed by atoms with Gasteiger partial charge in [0.05, 0.1) is 0 Å². The third-order valence-corrected chi connectivity index (χ3v) is 3.30. The molecule has 0 spiro atoms. The zero-order valence-corrected chi connectivity index (χ0v) is 11.0. The van der Waals surface area contributed by atoms with Crippen molar-refractivity contribution in [1.29, 1.82) is 0 Å². The Morgan fingerprint density at radius 2 is 2.00 bits per heavy atom. The number of hydrogen-bond donors (Lipinski definition) is 2. The first-order chi connectivity index (χ1) is 8.81. The van der Waals surface area contributed by atoms with Crippen molar-refractivity contribution in [1.82, 2.24) is 9.97 Å². The minimum atomic E-state index is 0.290. The minimum absolute atomic E-state index is 0.290. The molecule has 1 aliphatic rings. The predicted molar refractivity (Wildman–Crippen MR) is 71.3 cm³/mol. The van der Waals surface area contributed by atoms with E-state index in [9.17, 15) is 0 Å². The quantitative estimate of drug-likeness (QED) is 0.488. The van der Waals surface area contributed by atoms with Crippen molar-refractivity contribution < 1.29 is 4.74 Å². The van der Waals surface area contributed by atoms with Crippen molar-refractivity contribution in [3.05, 3.63) is 11.9 Å². The van der Waals surface area contributed by atoms with Gasteiger partial charge in [-0.3, -0.25) is 0 Å². The van der Waals surface area contributed by atoms with Crippen molar-refractivity contribution >= 4 is 5.82 Å². The average molecular weight is 250 g/mol. The van der Waals surface area contributed by atoms with Gasteiger partial charge >= 0.3 is 0 Å². The number of ether oxygens (including phenoxy) is 1. The fourth-order valence-electron chi connectivity index (χ4n) is 2.30. The fourth-order valence-corrected chi connectivity index (χ4v) is 2.30. The average Bonchev–Trinajstić information content (AvgIpc) is 2.67. The van der Waals surface area contributed by atoms with Crippen LogP contribution >= 0.6 is 0 Å². The van der Waals surface area contributed by atoms with E-state index in [1.165, 1.54) is 25.7 Å². The number of rotatable bonds is 4. The number of hydrogen-bond acceptors (Lipinski definition) is 5. The zero-order valence-electron chi connectivity index (χ0n) is 11.0. The first-order valence-corrected chi connectivity index (χ1v) is 6.83. The van der Waals surface area contributed by atoms with E-state index < -0.39 is 0 Å². The Morgan fingerprint density at radius 3 is 2.61 bits per heavy atom. The molecule has 1 aromatic rings. The lowest BCUT2D eigenvalue weighted by atomic mass is 10.1. The maximum atomic E-state index is 5.97. The maximum Gasteiger partial charge on any atom is 0.219 e. The molecule has 2 rings (SSSR count). The molecule has 1 heterocycles. The molecule has 0 saturated heterocycles. The van der Waals surface area contributed by atoms with Gasteiger partial charge in [0.25, 0.3) is 0 Å². The van der Waals surface area contributed by atoms with E-state index in [0.717, 1.165) is 25.1 Å². The molecule has 0 radical (unpaired) electrons. The Labute approximate surface area is 108 Å². The van der Waals surface area contributed by atoms with E-state index in [1.54, 1.807) is 6.07 Å². The van der Waals surface area contributed by atoms with Crippen LogP contribution in [0.15, 0.2) is 6.07 Å². The van der Waals surface area contributed by atoms with Gasteiger partial charge in [0, 0.05) is 12.5 Å². The van der Waals surface area contributed by atoms with Crippen LogP contribution in [0, 0.1) is 0 Å². The van der Waals surface area contributed by atoms with Crippen molar-refractivity contribution in [2.75, 3.05) is 5.43 Å². The van der Waals surface area contributed by atoms with E-state index >= 15 is 0 Å². The third kappa shape index (κ3) is 3.57. The Morgan fingerprint density at radius 1 is 1.28 bits per heavy atom. The molecule has 0 atom stereocenters. The highest BCUT2D eigenvalue weighted by atomic mass is 16.5. The molecule has 0 aromatic carbocycles. The summed E-state index contributed by atoms with van der Waals surface area (Å²) in [6.07, 6.45) is 8.44. The van der Waals surface area contributed by atoms with Gasteiger partial charge in [0.15, 0.2) is 0 Å². The molecule has 5 nitrogen and oxygen atoms in total. The molecule has 100 valence electrons. The van der Waals surface area contributed by atoms with Crippen LogP contribution in [0.2, 0.25) is 0 Å². The van der Waals surface area contributed by atoms with E-state index in [1.807, 2.05) is 6.92 Å². The molecule has 5 heteroatoms. The normalized spacial score (nSPS) is 17.2. The summed E-state index contributed by atoms with van der Waals surface area (Å²) in [5.74, 6) is 7.42. The molecule has 1 aromatic heterocycles. The summed E-state index contributed by atoms with van der Waals surface area (Å²) in [7, 11) is 0. The summed E-state index contributed by atoms with van der Waals surface area (Å²) in [6.45, 7) is 2.02. The summed E-state index contributed by atoms with van der Waals surface area (Å²) >= 11 is 0. The Bertz CT molecular complexity index is 353. The summed E-state index contributed by atoms with van der Waals surface area (Å²) in [5.41, 5.74) is 2.56. The van der Waals surface area contributed by atoms with Gasteiger partial charge in [-0.2, -0.15) is 4.98 Å². The number of nitrogens with zero attached hydrogens (tertiary/aromatic N) is 2. The highest BCUT2D eigenvalue weighted by molar-refractivity contribution is 5.37. The standard InChI is InChI=1S/C13H22N4O/c1-2-11-15-12(17-14)9-13(16-11)18-10-7-5-3-4-6-8-10/h9-10H,2-8,14H2,1H3,(H,15,16,17). The van der Waals surface area contributed by atoms with E-state index in [2.05, 4.69) is 15.4 Å². The van der Waals surface area contributed by atoms with E-state index in [0.29, 0.717) is 11.7 Å². The lowest BCUT2D eigenvalue weighted by Crippen LogP contribution is -2.17. The van der Waals surface area contributed by atoms with E-state index in [-0.39, 0.29) is 6.10 Å². The van der Waals surface area contributed by atoms with Crippen LogP contribution in [0.1, 0.15) is 51.3 Å². The topological polar surface area (TPSA) is 73.1 Å². The van der Waals surface area contributed by atoms with Crippen molar-refractivity contribution in [2.24, 2.45) is 5.84 Å². The largest absolute Gasteiger partial charge is 0.474 e. The molecule has 1 saturated carbocycles. The SMILES string of the molecule is CCc1nc(NN)cc(OC2CCCCCC2)n1. The van der Waals surface area contributed by atoms with Gasteiger partial charge < -0.3 is 10.2 Å². The number of aryl methyl sites for hydroxylation is 1. The summed E-state index contributed by atoms with van der Waals surface area (Å²) in [6, 6.07) is 1.77. The number of nitrogens with one attached hydrogen (secondary N) is 1. The second-order valence-electron chi connectivity index (χ2n) is 4.74. The van der Waals surface area contributed by atoms with Gasteiger partial charge in [-0.05, 0) is 25.7 Å². The molecule has 1 aliphatic carbocycles. The lowest BCUT2D eigenvalue weighted by Gasteiger charge is -2.16. The number of anilines is 1. The first-order valence-electron chi connectivity index (χ1n) is 6.83. The smallest absolute Gasteiger partial charge is 0.219 e. The second kappa shape index (κ2) is 6.54. The summed E-state index contributed by atoms with van der Waals surface area (Å²) in [4.78, 5) is 8.65. The molecule has 0 bridgehead atoms. The number of nitrogen functional groups attached to an aromatic ring is 1. The molecule has 1 fully saturated rings. The molecule has 0 unspecified atom stereocenters. The van der Waals surface area contributed by atoms with Gasteiger partial charge in [-0.25, -0.2) is 10.8 Å². The maximum absolute atomic E-state index is 5.97. The van der Waals surface area contributed by atoms with Crippen molar-refractivity contribution in [2.45, 2.75) is 58.0 Å². The Hall–Kier alpha value is -1.36. The van der Waals surface area contributed by atoms with Crippen molar-refractivity contribution in [3.8, 4) is 5.88 Å². The van der Waals surface area contributed by atoms with Crippen LogP contribution in [-0.2, 0) is 6.42 Å². The van der Waals surface area contributed by atoms with Gasteiger partial charge in [-0.1, -0.05) is 19.8 Å². The third-order valence-electron chi connectivity index (χ3n) is 3.30. The number of nitrogens with two attached hydrogens (primary N) is 1. The highest BCUT2D eigenvalue weighted by Crippen LogP contribution is 2.22. The molecule has 3 N–H and O–H groups in total. The minimum Gasteiger partial charge on any atom is -0.474 e. The summed E-state index contributed by atoms with van der Waals surface area (Å²) in [5, 5.41) is 0. The second-order valence-corrected chi connectivity index (χ2v) is 4.74. The number of aromatic nitrogens is 2. The van der Waals surface area contributed by atoms with Gasteiger partial charge in [-0.15, -0.1) is 0 Å². The molecule has 0 aliphatic heterocycles. The van der Waals surface area contributed by atoms with Crippen LogP contribution in [0.25, 0.3) is 0 Å². The zero-order chi connectivity index (χ0) is 12.8. The lowest BCUT2D eigenvalue weighted by molar-refractivity contribution is 0.175. The Balaban J connectivity index is 2.06. The van der Waals surface area contributed by atoms with Crippen LogP contribution < -0.4 is 16.0 Å². The molecule has 18 heavy (non-hydrogen) atoms. The monoisotopic (exact) mass is 250 g/mol. The number of hydrazine groups is 1. The van der Waals surface area contributed by atoms with Crippen LogP contribution in [0.5, 0.6) is 5.88 Å². The van der Waals surface area contributed by atoms with Gasteiger partial charge in [0.1, 0.15) is 17.7 Å². The Kier molecular flexibility index (Phi) is 4.75. The predicted octanol–water partition coefficient (Wildman–Crippen LogP) is 2.43.